The number of hydrogen-bond acceptors (Lipinski definition) is 3. The van der Waals surface area contributed by atoms with Crippen LogP contribution in [0.1, 0.15) is 45.3 Å². The summed E-state index contributed by atoms with van der Waals surface area (Å²) in [6.07, 6.45) is 3.42. The lowest BCUT2D eigenvalue weighted by atomic mass is 10.1. The average molecular weight is 303 g/mol. The van der Waals surface area contributed by atoms with Crippen molar-refractivity contribution in [2.45, 2.75) is 45.8 Å². The Bertz CT molecular complexity index is 530. The molecule has 0 spiro atoms. The lowest BCUT2D eigenvalue weighted by molar-refractivity contribution is -0.117. The predicted molar refractivity (Wildman–Crippen MR) is 86.7 cm³/mol. The minimum absolute atomic E-state index is 0.122. The summed E-state index contributed by atoms with van der Waals surface area (Å²) in [5.41, 5.74) is 1.89. The van der Waals surface area contributed by atoms with Gasteiger partial charge in [0.05, 0.1) is 12.2 Å². The highest BCUT2D eigenvalue weighted by Crippen LogP contribution is 2.35. The fourth-order valence-corrected chi connectivity index (χ4v) is 2.27. The van der Waals surface area contributed by atoms with Crippen LogP contribution >= 0.6 is 0 Å². The van der Waals surface area contributed by atoms with Crippen molar-refractivity contribution in [2.24, 2.45) is 5.92 Å². The average Bonchev–Trinajstić information content (AvgIpc) is 3.29. The number of allylic oxidation sites excluding steroid dienone is 1. The van der Waals surface area contributed by atoms with E-state index in [2.05, 4.69) is 5.32 Å². The normalized spacial score (nSPS) is 16.5. The molecule has 4 heteroatoms. The molecule has 1 fully saturated rings. The highest BCUT2D eigenvalue weighted by molar-refractivity contribution is 5.88. The molecule has 1 aromatic rings. The second-order valence-corrected chi connectivity index (χ2v) is 6.16. The Labute approximate surface area is 132 Å². The van der Waals surface area contributed by atoms with Crippen LogP contribution < -0.4 is 10.1 Å². The summed E-state index contributed by atoms with van der Waals surface area (Å²) < 4.78 is 5.56. The molecule has 0 saturated heterocycles. The number of aliphatic hydroxyl groups excluding tert-OH is 1. The zero-order valence-electron chi connectivity index (χ0n) is 13.5. The molecule has 1 aliphatic rings. The van der Waals surface area contributed by atoms with E-state index in [0.717, 1.165) is 16.9 Å². The van der Waals surface area contributed by atoms with Crippen LogP contribution in [0.3, 0.4) is 0 Å². The van der Waals surface area contributed by atoms with Crippen molar-refractivity contribution in [3.05, 3.63) is 41.5 Å². The zero-order chi connectivity index (χ0) is 16.1. The van der Waals surface area contributed by atoms with Gasteiger partial charge in [0.15, 0.2) is 0 Å². The van der Waals surface area contributed by atoms with E-state index in [1.165, 1.54) is 12.8 Å². The Morgan fingerprint density at radius 1 is 1.36 bits per heavy atom. The quantitative estimate of drug-likeness (QED) is 0.761. The number of ether oxygens (including phenoxy) is 1. The Balaban J connectivity index is 1.82. The minimum Gasteiger partial charge on any atom is -0.491 e. The minimum atomic E-state index is -0.716. The summed E-state index contributed by atoms with van der Waals surface area (Å²) in [6.45, 7) is 6.13. The molecule has 0 heterocycles. The molecular formula is C18H25NO3. The zero-order valence-corrected chi connectivity index (χ0v) is 13.5. The number of benzene rings is 1. The van der Waals surface area contributed by atoms with Gasteiger partial charge in [-0.1, -0.05) is 17.7 Å². The van der Waals surface area contributed by atoms with E-state index < -0.39 is 6.10 Å². The third-order valence-corrected chi connectivity index (χ3v) is 3.69. The molecule has 0 aromatic heterocycles. The summed E-state index contributed by atoms with van der Waals surface area (Å²) in [6, 6.07) is 7.30. The van der Waals surface area contributed by atoms with Crippen LogP contribution in [0, 0.1) is 5.92 Å². The van der Waals surface area contributed by atoms with Gasteiger partial charge in [-0.3, -0.25) is 4.79 Å². The first-order valence-corrected chi connectivity index (χ1v) is 7.86. The first-order chi connectivity index (χ1) is 10.5. The molecular weight excluding hydrogens is 278 g/mol. The van der Waals surface area contributed by atoms with Gasteiger partial charge in [0, 0.05) is 12.6 Å². The first-order valence-electron chi connectivity index (χ1n) is 7.86. The number of rotatable bonds is 7. The summed E-state index contributed by atoms with van der Waals surface area (Å²) in [7, 11) is 0. The number of carbonyl (C=O) groups excluding carboxylic acids is 1. The van der Waals surface area contributed by atoms with E-state index in [4.69, 9.17) is 4.74 Å². The van der Waals surface area contributed by atoms with Crippen molar-refractivity contribution in [2.75, 3.05) is 6.54 Å². The number of nitrogens with one attached hydrogen (secondary N) is 1. The summed E-state index contributed by atoms with van der Waals surface area (Å²) in [5, 5.41) is 12.9. The van der Waals surface area contributed by atoms with Crippen molar-refractivity contribution in [3.8, 4) is 5.75 Å². The maximum absolute atomic E-state index is 11.8. The van der Waals surface area contributed by atoms with E-state index in [1.807, 2.05) is 45.0 Å². The molecule has 22 heavy (non-hydrogen) atoms. The molecule has 120 valence electrons. The molecule has 2 rings (SSSR count). The molecule has 1 saturated carbocycles. The van der Waals surface area contributed by atoms with Crippen LogP contribution in [0.15, 0.2) is 35.9 Å². The van der Waals surface area contributed by atoms with Gasteiger partial charge < -0.3 is 15.2 Å². The largest absolute Gasteiger partial charge is 0.491 e. The smallest absolute Gasteiger partial charge is 0.244 e. The van der Waals surface area contributed by atoms with Crippen molar-refractivity contribution < 1.29 is 14.6 Å². The molecule has 1 aromatic carbocycles. The summed E-state index contributed by atoms with van der Waals surface area (Å²) in [5.74, 6) is 1.23. The van der Waals surface area contributed by atoms with E-state index in [-0.39, 0.29) is 18.6 Å². The van der Waals surface area contributed by atoms with Gasteiger partial charge in [0.2, 0.25) is 5.91 Å². The van der Waals surface area contributed by atoms with Gasteiger partial charge in [-0.15, -0.1) is 0 Å². The van der Waals surface area contributed by atoms with Crippen molar-refractivity contribution in [1.82, 2.24) is 5.32 Å². The van der Waals surface area contributed by atoms with E-state index in [1.54, 1.807) is 6.08 Å². The Hall–Kier alpha value is -1.81. The molecule has 4 nitrogen and oxygen atoms in total. The van der Waals surface area contributed by atoms with Gasteiger partial charge >= 0.3 is 0 Å². The van der Waals surface area contributed by atoms with Crippen molar-refractivity contribution >= 4 is 5.91 Å². The van der Waals surface area contributed by atoms with Gasteiger partial charge in [0.1, 0.15) is 5.75 Å². The highest BCUT2D eigenvalue weighted by atomic mass is 16.5. The van der Waals surface area contributed by atoms with Crippen molar-refractivity contribution in [3.63, 3.8) is 0 Å². The summed E-state index contributed by atoms with van der Waals surface area (Å²) in [4.78, 5) is 11.8. The van der Waals surface area contributed by atoms with Crippen LogP contribution in [-0.2, 0) is 4.79 Å². The van der Waals surface area contributed by atoms with Gasteiger partial charge in [-0.25, -0.2) is 0 Å². The Morgan fingerprint density at radius 2 is 2.00 bits per heavy atom. The third-order valence-electron chi connectivity index (χ3n) is 3.69. The van der Waals surface area contributed by atoms with E-state index in [0.29, 0.717) is 5.92 Å². The number of amides is 1. The molecule has 2 N–H and O–H groups in total. The molecule has 1 amide bonds. The Morgan fingerprint density at radius 3 is 2.55 bits per heavy atom. The number of carbonyl (C=O) groups is 1. The van der Waals surface area contributed by atoms with Crippen LogP contribution in [0.25, 0.3) is 0 Å². The SMILES string of the molecule is C/C(=C/C(=O)NCC(O)c1ccc(OC(C)C)cc1)C1CC1. The first kappa shape index (κ1) is 16.6. The molecule has 0 aliphatic heterocycles. The van der Waals surface area contributed by atoms with E-state index in [9.17, 15) is 9.90 Å². The number of hydrogen-bond donors (Lipinski definition) is 2. The van der Waals surface area contributed by atoms with Gasteiger partial charge in [0.25, 0.3) is 0 Å². The molecule has 1 unspecified atom stereocenters. The fraction of sp³-hybridized carbons (Fsp3) is 0.500. The topological polar surface area (TPSA) is 58.6 Å². The molecule has 0 bridgehead atoms. The molecule has 0 radical (unpaired) electrons. The van der Waals surface area contributed by atoms with Crippen LogP contribution in [0.2, 0.25) is 0 Å². The molecule has 1 aliphatic carbocycles. The van der Waals surface area contributed by atoms with Crippen LogP contribution in [0.5, 0.6) is 5.75 Å². The van der Waals surface area contributed by atoms with Crippen LogP contribution in [0.4, 0.5) is 0 Å². The lowest BCUT2D eigenvalue weighted by Crippen LogP contribution is -2.27. The second-order valence-electron chi connectivity index (χ2n) is 6.16. The second kappa shape index (κ2) is 7.45. The van der Waals surface area contributed by atoms with E-state index >= 15 is 0 Å². The number of aliphatic hydroxyl groups is 1. The highest BCUT2D eigenvalue weighted by Gasteiger charge is 2.23. The van der Waals surface area contributed by atoms with Crippen molar-refractivity contribution in [1.29, 1.82) is 0 Å². The lowest BCUT2D eigenvalue weighted by Gasteiger charge is -2.14. The fourth-order valence-electron chi connectivity index (χ4n) is 2.27. The molecule has 1 atom stereocenters. The third kappa shape index (κ3) is 5.19. The maximum atomic E-state index is 11.8. The maximum Gasteiger partial charge on any atom is 0.244 e. The Kier molecular flexibility index (Phi) is 5.61. The summed E-state index contributed by atoms with van der Waals surface area (Å²) >= 11 is 0. The van der Waals surface area contributed by atoms with Crippen LogP contribution in [-0.4, -0.2) is 23.7 Å². The monoisotopic (exact) mass is 303 g/mol. The van der Waals surface area contributed by atoms with Gasteiger partial charge in [-0.05, 0) is 57.2 Å². The standard InChI is InChI=1S/C18H25NO3/c1-12(2)22-16-8-6-15(7-9-16)17(20)11-19-18(21)10-13(3)14-4-5-14/h6-10,12,14,17,20H,4-5,11H2,1-3H3,(H,19,21)/b13-10-. The predicted octanol–water partition coefficient (Wildman–Crippen LogP) is 2.98. The van der Waals surface area contributed by atoms with Gasteiger partial charge in [-0.2, -0.15) is 0 Å².